The number of benzene rings is 2. The van der Waals surface area contributed by atoms with Gasteiger partial charge in [0.25, 0.3) is 0 Å². The van der Waals surface area contributed by atoms with Gasteiger partial charge in [-0.2, -0.15) is 0 Å². The van der Waals surface area contributed by atoms with Crippen LogP contribution in [0.1, 0.15) is 44.7 Å². The summed E-state index contributed by atoms with van der Waals surface area (Å²) in [7, 11) is 0. The number of para-hydroxylation sites is 1. The Morgan fingerprint density at radius 2 is 1.61 bits per heavy atom. The zero-order chi connectivity index (χ0) is 16.5. The van der Waals surface area contributed by atoms with Crippen LogP contribution in [0.25, 0.3) is 0 Å². The summed E-state index contributed by atoms with van der Waals surface area (Å²) >= 11 is 0. The van der Waals surface area contributed by atoms with Gasteiger partial charge in [-0.05, 0) is 36.4 Å². The predicted octanol–water partition coefficient (Wildman–Crippen LogP) is 5.18. The van der Waals surface area contributed by atoms with E-state index < -0.39 is 0 Å². The molecule has 2 heteroatoms. The smallest absolute Gasteiger partial charge is 0.124 e. The Bertz CT molecular complexity index is 572. The van der Waals surface area contributed by atoms with Crippen LogP contribution in [0, 0.1) is 5.41 Å². The highest BCUT2D eigenvalue weighted by molar-refractivity contribution is 5.33. The first-order chi connectivity index (χ1) is 11.0. The molecule has 2 aromatic rings. The normalized spacial score (nSPS) is 11.4. The molecule has 0 bridgehead atoms. The van der Waals surface area contributed by atoms with Crippen molar-refractivity contribution in [3.63, 3.8) is 0 Å². The van der Waals surface area contributed by atoms with Gasteiger partial charge in [0, 0.05) is 12.1 Å². The van der Waals surface area contributed by atoms with E-state index in [-0.39, 0.29) is 0 Å². The summed E-state index contributed by atoms with van der Waals surface area (Å²) in [5, 5.41) is 3.53. The fourth-order valence-electron chi connectivity index (χ4n) is 2.49. The van der Waals surface area contributed by atoms with E-state index in [1.54, 1.807) is 0 Å². The van der Waals surface area contributed by atoms with E-state index >= 15 is 0 Å². The van der Waals surface area contributed by atoms with Crippen LogP contribution in [-0.4, -0.2) is 6.54 Å². The molecule has 0 heterocycles. The second kappa shape index (κ2) is 8.73. The molecule has 0 saturated carbocycles. The third kappa shape index (κ3) is 6.87. The van der Waals surface area contributed by atoms with E-state index in [2.05, 4.69) is 56.4 Å². The molecule has 0 unspecified atom stereocenters. The van der Waals surface area contributed by atoms with Crippen molar-refractivity contribution in [1.82, 2.24) is 5.32 Å². The Morgan fingerprint density at radius 3 is 2.35 bits per heavy atom. The summed E-state index contributed by atoms with van der Waals surface area (Å²) in [6, 6.07) is 18.6. The van der Waals surface area contributed by atoms with E-state index in [4.69, 9.17) is 4.74 Å². The van der Waals surface area contributed by atoms with Gasteiger partial charge in [0.2, 0.25) is 0 Å². The predicted molar refractivity (Wildman–Crippen MR) is 97.6 cm³/mol. The fourth-order valence-corrected chi connectivity index (χ4v) is 2.49. The zero-order valence-electron chi connectivity index (χ0n) is 14.6. The molecule has 1 N–H and O–H groups in total. The van der Waals surface area contributed by atoms with Gasteiger partial charge >= 0.3 is 0 Å². The lowest BCUT2D eigenvalue weighted by atomic mass is 9.91. The lowest BCUT2D eigenvalue weighted by molar-refractivity contribution is 0.302. The highest BCUT2D eigenvalue weighted by Gasteiger charge is 2.09. The van der Waals surface area contributed by atoms with Crippen LogP contribution in [0.4, 0.5) is 0 Å². The van der Waals surface area contributed by atoms with E-state index in [1.165, 1.54) is 24.0 Å². The molecule has 2 rings (SSSR count). The largest absolute Gasteiger partial charge is 0.489 e. The van der Waals surface area contributed by atoms with E-state index in [1.807, 2.05) is 24.3 Å². The molecule has 0 atom stereocenters. The van der Waals surface area contributed by atoms with Gasteiger partial charge in [0.05, 0.1) is 0 Å². The maximum Gasteiger partial charge on any atom is 0.124 e. The molecule has 124 valence electrons. The van der Waals surface area contributed by atoms with Gasteiger partial charge in [-0.1, -0.05) is 69.3 Å². The molecule has 0 aromatic heterocycles. The summed E-state index contributed by atoms with van der Waals surface area (Å²) in [6.45, 7) is 9.39. The molecule has 0 aliphatic heterocycles. The Morgan fingerprint density at radius 1 is 0.913 bits per heavy atom. The first-order valence-corrected chi connectivity index (χ1v) is 8.50. The van der Waals surface area contributed by atoms with E-state index in [0.29, 0.717) is 12.0 Å². The summed E-state index contributed by atoms with van der Waals surface area (Å²) in [5.41, 5.74) is 2.83. The number of nitrogens with one attached hydrogen (secondary N) is 1. The fraction of sp³-hybridized carbons (Fsp3) is 0.429. The molecule has 0 saturated heterocycles. The Hall–Kier alpha value is -1.80. The van der Waals surface area contributed by atoms with Gasteiger partial charge in [-0.25, -0.2) is 0 Å². The van der Waals surface area contributed by atoms with Crippen molar-refractivity contribution in [1.29, 1.82) is 0 Å². The van der Waals surface area contributed by atoms with Crippen molar-refractivity contribution in [3.8, 4) is 5.75 Å². The van der Waals surface area contributed by atoms with Gasteiger partial charge < -0.3 is 10.1 Å². The SMILES string of the molecule is CC(C)(C)CCCNCc1ccccc1OCc1ccccc1. The van der Waals surface area contributed by atoms with Crippen molar-refractivity contribution >= 4 is 0 Å². The van der Waals surface area contributed by atoms with Crippen LogP contribution < -0.4 is 10.1 Å². The minimum absolute atomic E-state index is 0.415. The average Bonchev–Trinajstić information content (AvgIpc) is 2.53. The highest BCUT2D eigenvalue weighted by atomic mass is 16.5. The van der Waals surface area contributed by atoms with Gasteiger partial charge in [-0.3, -0.25) is 0 Å². The molecule has 0 aliphatic rings. The minimum Gasteiger partial charge on any atom is -0.489 e. The van der Waals surface area contributed by atoms with E-state index in [9.17, 15) is 0 Å². The first kappa shape index (κ1) is 17.6. The molecule has 0 spiro atoms. The first-order valence-electron chi connectivity index (χ1n) is 8.50. The topological polar surface area (TPSA) is 21.3 Å². The average molecular weight is 311 g/mol. The van der Waals surface area contributed by atoms with Crippen LogP contribution in [0.5, 0.6) is 5.75 Å². The Balaban J connectivity index is 1.80. The Kier molecular flexibility index (Phi) is 6.66. The van der Waals surface area contributed by atoms with Crippen LogP contribution >= 0.6 is 0 Å². The molecule has 2 nitrogen and oxygen atoms in total. The highest BCUT2D eigenvalue weighted by Crippen LogP contribution is 2.21. The molecule has 0 fully saturated rings. The summed E-state index contributed by atoms with van der Waals surface area (Å²) in [5.74, 6) is 0.972. The summed E-state index contributed by atoms with van der Waals surface area (Å²) in [6.07, 6.45) is 2.45. The van der Waals surface area contributed by atoms with Gasteiger partial charge in [-0.15, -0.1) is 0 Å². The molecular weight excluding hydrogens is 282 g/mol. The minimum atomic E-state index is 0.415. The third-order valence-corrected chi connectivity index (χ3v) is 3.81. The standard InChI is InChI=1S/C21H29NO/c1-21(2,3)14-9-15-22-16-19-12-7-8-13-20(19)23-17-18-10-5-4-6-11-18/h4-8,10-13,22H,9,14-17H2,1-3H3. The van der Waals surface area contributed by atoms with Crippen molar-refractivity contribution in [2.75, 3.05) is 6.54 Å². The van der Waals surface area contributed by atoms with Crippen LogP contribution in [0.2, 0.25) is 0 Å². The van der Waals surface area contributed by atoms with Crippen molar-refractivity contribution in [3.05, 3.63) is 65.7 Å². The second-order valence-corrected chi connectivity index (χ2v) is 7.22. The number of hydrogen-bond acceptors (Lipinski definition) is 2. The van der Waals surface area contributed by atoms with E-state index in [0.717, 1.165) is 18.8 Å². The third-order valence-electron chi connectivity index (χ3n) is 3.81. The van der Waals surface area contributed by atoms with Crippen LogP contribution in [0.15, 0.2) is 54.6 Å². The van der Waals surface area contributed by atoms with Gasteiger partial charge in [0.15, 0.2) is 0 Å². The maximum atomic E-state index is 5.99. The number of ether oxygens (including phenoxy) is 1. The molecule has 0 amide bonds. The van der Waals surface area contributed by atoms with Crippen molar-refractivity contribution < 1.29 is 4.74 Å². The number of rotatable bonds is 8. The molecule has 0 radical (unpaired) electrons. The molecule has 23 heavy (non-hydrogen) atoms. The monoisotopic (exact) mass is 311 g/mol. The summed E-state index contributed by atoms with van der Waals surface area (Å²) in [4.78, 5) is 0. The van der Waals surface area contributed by atoms with Crippen LogP contribution in [0.3, 0.4) is 0 Å². The second-order valence-electron chi connectivity index (χ2n) is 7.22. The molecular formula is C21H29NO. The molecule has 0 aliphatic carbocycles. The number of hydrogen-bond donors (Lipinski definition) is 1. The Labute approximate surface area is 140 Å². The van der Waals surface area contributed by atoms with Crippen molar-refractivity contribution in [2.45, 2.75) is 46.8 Å². The zero-order valence-corrected chi connectivity index (χ0v) is 14.6. The summed E-state index contributed by atoms with van der Waals surface area (Å²) < 4.78 is 5.99. The van der Waals surface area contributed by atoms with Crippen molar-refractivity contribution in [2.24, 2.45) is 5.41 Å². The quantitative estimate of drug-likeness (QED) is 0.678. The lowest BCUT2D eigenvalue weighted by Crippen LogP contribution is -2.17. The molecule has 2 aromatic carbocycles. The van der Waals surface area contributed by atoms with Gasteiger partial charge in [0.1, 0.15) is 12.4 Å². The van der Waals surface area contributed by atoms with Crippen LogP contribution in [-0.2, 0) is 13.2 Å². The maximum absolute atomic E-state index is 5.99. The lowest BCUT2D eigenvalue weighted by Gasteiger charge is -2.18.